The first-order valence-electron chi connectivity index (χ1n) is 17.2. The molecule has 0 heterocycles. The number of ether oxygens (including phenoxy) is 2. The van der Waals surface area contributed by atoms with Crippen molar-refractivity contribution in [3.8, 4) is 5.75 Å². The van der Waals surface area contributed by atoms with Crippen LogP contribution >= 0.6 is 0 Å². The lowest BCUT2D eigenvalue weighted by atomic mass is 9.69. The molecule has 0 aromatic heterocycles. The molecule has 2 aromatic carbocycles. The summed E-state index contributed by atoms with van der Waals surface area (Å²) >= 11 is 0. The molecular weight excluding hydrogens is 564 g/mol. The summed E-state index contributed by atoms with van der Waals surface area (Å²) in [7, 11) is 0. The van der Waals surface area contributed by atoms with Gasteiger partial charge in [-0.2, -0.15) is 4.39 Å². The van der Waals surface area contributed by atoms with Gasteiger partial charge in [-0.25, -0.2) is 13.2 Å². The third-order valence-corrected chi connectivity index (χ3v) is 10.8. The Morgan fingerprint density at radius 1 is 0.682 bits per heavy atom. The Hall–Kier alpha value is -2.34. The van der Waals surface area contributed by atoms with Gasteiger partial charge in [-0.15, -0.1) is 0 Å². The van der Waals surface area contributed by atoms with Gasteiger partial charge in [-0.1, -0.05) is 30.4 Å². The predicted molar refractivity (Wildman–Crippen MR) is 168 cm³/mol. The Balaban J connectivity index is 1.01. The molecule has 0 amide bonds. The molecule has 44 heavy (non-hydrogen) atoms. The highest BCUT2D eigenvalue weighted by Gasteiger charge is 2.34. The van der Waals surface area contributed by atoms with Crippen LogP contribution in [-0.2, 0) is 11.2 Å². The van der Waals surface area contributed by atoms with Gasteiger partial charge >= 0.3 is 0 Å². The molecule has 5 rings (SSSR count). The van der Waals surface area contributed by atoms with Crippen molar-refractivity contribution in [3.05, 3.63) is 76.4 Å². The van der Waals surface area contributed by atoms with Crippen LogP contribution in [0.3, 0.4) is 0 Å². The third kappa shape index (κ3) is 7.89. The highest BCUT2D eigenvalue weighted by molar-refractivity contribution is 5.33. The topological polar surface area (TPSA) is 18.5 Å². The zero-order valence-electron chi connectivity index (χ0n) is 26.6. The number of aryl methyl sites for hydroxylation is 1. The van der Waals surface area contributed by atoms with Crippen molar-refractivity contribution >= 4 is 0 Å². The smallest absolute Gasteiger partial charge is 0.200 e. The number of hydrogen-bond acceptors (Lipinski definition) is 2. The number of allylic oxidation sites excluding steroid dienone is 2. The fourth-order valence-corrected chi connectivity index (χ4v) is 8.19. The van der Waals surface area contributed by atoms with E-state index in [9.17, 15) is 17.6 Å². The van der Waals surface area contributed by atoms with Crippen LogP contribution in [0.15, 0.2) is 36.4 Å². The van der Waals surface area contributed by atoms with E-state index in [2.05, 4.69) is 0 Å². The fourth-order valence-electron chi connectivity index (χ4n) is 8.19. The maximum Gasteiger partial charge on any atom is 0.200 e. The second-order valence-corrected chi connectivity index (χ2v) is 13.5. The van der Waals surface area contributed by atoms with E-state index in [1.807, 2.05) is 25.1 Å². The van der Waals surface area contributed by atoms with Crippen LogP contribution < -0.4 is 4.74 Å². The van der Waals surface area contributed by atoms with Crippen molar-refractivity contribution in [2.24, 2.45) is 17.8 Å². The number of benzene rings is 2. The first kappa shape index (κ1) is 33.0. The van der Waals surface area contributed by atoms with Gasteiger partial charge in [-0.05, 0) is 156 Å². The van der Waals surface area contributed by atoms with E-state index in [4.69, 9.17) is 9.47 Å². The minimum atomic E-state index is -0.858. The quantitative estimate of drug-likeness (QED) is 0.185. The molecule has 0 spiro atoms. The maximum atomic E-state index is 14.9. The number of rotatable bonds is 11. The van der Waals surface area contributed by atoms with Gasteiger partial charge in [-0.3, -0.25) is 0 Å². The van der Waals surface area contributed by atoms with Crippen LogP contribution in [0.1, 0.15) is 126 Å². The van der Waals surface area contributed by atoms with E-state index >= 15 is 0 Å². The predicted octanol–water partition coefficient (Wildman–Crippen LogP) is 11.0. The van der Waals surface area contributed by atoms with E-state index in [1.165, 1.54) is 12.8 Å². The van der Waals surface area contributed by atoms with Crippen LogP contribution in [0.4, 0.5) is 17.6 Å². The third-order valence-electron chi connectivity index (χ3n) is 10.8. The van der Waals surface area contributed by atoms with Crippen LogP contribution in [0, 0.1) is 41.0 Å². The highest BCUT2D eigenvalue weighted by atomic mass is 19.2. The molecule has 0 radical (unpaired) electrons. The minimum absolute atomic E-state index is 0.00171. The monoisotopic (exact) mass is 614 g/mol. The largest absolute Gasteiger partial charge is 0.491 e. The Kier molecular flexibility index (Phi) is 11.8. The summed E-state index contributed by atoms with van der Waals surface area (Å²) in [5.74, 6) is -0.917. The SMILES string of the molecule is C/C=C/CCc1ccc(C2CCC(COC3CCC(C4CCC(c5ccc(OCC)c(F)c5F)CC4)CC3)CC2)c(F)c1F. The Bertz CT molecular complexity index is 1240. The molecule has 0 saturated heterocycles. The zero-order chi connectivity index (χ0) is 31.1. The lowest BCUT2D eigenvalue weighted by Gasteiger charge is -2.38. The van der Waals surface area contributed by atoms with Crippen molar-refractivity contribution in [2.75, 3.05) is 13.2 Å². The van der Waals surface area contributed by atoms with Gasteiger partial charge in [0.1, 0.15) is 0 Å². The first-order valence-corrected chi connectivity index (χ1v) is 17.2. The molecule has 0 atom stereocenters. The van der Waals surface area contributed by atoms with Crippen LogP contribution in [0.25, 0.3) is 0 Å². The normalized spacial score (nSPS) is 28.0. The van der Waals surface area contributed by atoms with Gasteiger partial charge in [0, 0.05) is 6.61 Å². The standard InChI is InChI=1S/C38H50F4O2/c1-3-5-6-7-30-18-21-32(36(40)35(30)39)28-10-8-25(9-11-28)24-44-31-19-16-27(17-20-31)26-12-14-29(15-13-26)33-22-23-34(43-4-2)38(42)37(33)41/h3,5,18,21-23,25-29,31H,4,6-17,19-20,24H2,1-2H3/b5-3+. The van der Waals surface area contributed by atoms with Crippen molar-refractivity contribution in [3.63, 3.8) is 0 Å². The molecule has 0 bridgehead atoms. The van der Waals surface area contributed by atoms with Crippen LogP contribution in [0.2, 0.25) is 0 Å². The lowest BCUT2D eigenvalue weighted by molar-refractivity contribution is -0.0149. The maximum absolute atomic E-state index is 14.9. The number of hydrogen-bond donors (Lipinski definition) is 0. The summed E-state index contributed by atoms with van der Waals surface area (Å²) in [5.41, 5.74) is 1.51. The van der Waals surface area contributed by atoms with Gasteiger partial charge in [0.25, 0.3) is 0 Å². The summed E-state index contributed by atoms with van der Waals surface area (Å²) in [5, 5.41) is 0. The molecule has 0 unspecified atom stereocenters. The second kappa shape index (κ2) is 15.8. The molecule has 2 nitrogen and oxygen atoms in total. The number of halogens is 4. The first-order chi connectivity index (χ1) is 21.4. The Labute approximate surface area is 261 Å². The molecule has 242 valence electrons. The van der Waals surface area contributed by atoms with Crippen LogP contribution in [0.5, 0.6) is 5.75 Å². The lowest BCUT2D eigenvalue weighted by Crippen LogP contribution is -2.30. The van der Waals surface area contributed by atoms with E-state index < -0.39 is 23.3 Å². The molecule has 3 saturated carbocycles. The zero-order valence-corrected chi connectivity index (χ0v) is 26.6. The molecule has 3 aliphatic carbocycles. The van der Waals surface area contributed by atoms with Gasteiger partial charge < -0.3 is 9.47 Å². The van der Waals surface area contributed by atoms with Crippen molar-refractivity contribution in [1.29, 1.82) is 0 Å². The van der Waals surface area contributed by atoms with E-state index in [0.29, 0.717) is 53.6 Å². The van der Waals surface area contributed by atoms with Gasteiger partial charge in [0.05, 0.1) is 12.7 Å². The summed E-state index contributed by atoms with van der Waals surface area (Å²) in [4.78, 5) is 0. The van der Waals surface area contributed by atoms with Gasteiger partial charge in [0.2, 0.25) is 5.82 Å². The Morgan fingerprint density at radius 2 is 1.25 bits per heavy atom. The van der Waals surface area contributed by atoms with E-state index in [-0.39, 0.29) is 17.6 Å². The summed E-state index contributed by atoms with van der Waals surface area (Å²) in [6, 6.07) is 6.88. The summed E-state index contributed by atoms with van der Waals surface area (Å²) in [6.45, 7) is 4.77. The molecule has 2 aromatic rings. The van der Waals surface area contributed by atoms with Crippen LogP contribution in [-0.4, -0.2) is 19.3 Å². The average molecular weight is 615 g/mol. The van der Waals surface area contributed by atoms with E-state index in [0.717, 1.165) is 77.2 Å². The minimum Gasteiger partial charge on any atom is -0.491 e. The fraction of sp³-hybridized carbons (Fsp3) is 0.632. The Morgan fingerprint density at radius 3 is 1.86 bits per heavy atom. The highest BCUT2D eigenvalue weighted by Crippen LogP contribution is 2.45. The summed E-state index contributed by atoms with van der Waals surface area (Å²) in [6.07, 6.45) is 17.7. The van der Waals surface area contributed by atoms with Gasteiger partial charge in [0.15, 0.2) is 23.2 Å². The van der Waals surface area contributed by atoms with Crippen molar-refractivity contribution in [2.45, 2.75) is 122 Å². The second-order valence-electron chi connectivity index (χ2n) is 13.5. The molecule has 3 fully saturated rings. The molecule has 3 aliphatic rings. The van der Waals surface area contributed by atoms with Crippen molar-refractivity contribution < 1.29 is 27.0 Å². The average Bonchev–Trinajstić information content (AvgIpc) is 3.05. The molecule has 0 aliphatic heterocycles. The van der Waals surface area contributed by atoms with E-state index in [1.54, 1.807) is 25.1 Å². The molecular formula is C38H50F4O2. The van der Waals surface area contributed by atoms with Crippen molar-refractivity contribution in [1.82, 2.24) is 0 Å². The molecule has 6 heteroatoms. The summed E-state index contributed by atoms with van der Waals surface area (Å²) < 4.78 is 70.4. The molecule has 0 N–H and O–H groups in total.